The van der Waals surface area contributed by atoms with Crippen LogP contribution in [0.2, 0.25) is 0 Å². The number of unbranched alkanes of at least 4 members (excludes halogenated alkanes) is 12. The van der Waals surface area contributed by atoms with E-state index in [-0.39, 0.29) is 0 Å². The van der Waals surface area contributed by atoms with Crippen molar-refractivity contribution in [1.29, 1.82) is 0 Å². The van der Waals surface area contributed by atoms with Crippen LogP contribution in [0.25, 0.3) is 0 Å². The summed E-state index contributed by atoms with van der Waals surface area (Å²) < 4.78 is 4.53. The second-order valence-corrected chi connectivity index (χ2v) is 6.65. The number of aliphatic hydroxyl groups excluding tert-OH is 1. The number of carbonyl (C=O) groups is 1. The van der Waals surface area contributed by atoms with E-state index in [2.05, 4.69) is 11.7 Å². The van der Waals surface area contributed by atoms with Gasteiger partial charge >= 0.3 is 5.97 Å². The minimum atomic E-state index is -0.905. The van der Waals surface area contributed by atoms with Gasteiger partial charge in [0.1, 0.15) is 6.04 Å². The smallest absolute Gasteiger partial charge is 0.325 e. The van der Waals surface area contributed by atoms with Gasteiger partial charge in [-0.05, 0) is 6.42 Å². The molecule has 4 heteroatoms. The van der Waals surface area contributed by atoms with Crippen molar-refractivity contribution in [3.8, 4) is 0 Å². The number of rotatable bonds is 16. The molecule has 0 radical (unpaired) electrons. The van der Waals surface area contributed by atoms with Crippen LogP contribution in [0.3, 0.4) is 0 Å². The average molecular weight is 330 g/mol. The molecule has 138 valence electrons. The van der Waals surface area contributed by atoms with Gasteiger partial charge in [-0.15, -0.1) is 0 Å². The lowest BCUT2D eigenvalue weighted by molar-refractivity contribution is -0.145. The molecule has 0 bridgehead atoms. The van der Waals surface area contributed by atoms with Gasteiger partial charge in [0.25, 0.3) is 0 Å². The van der Waals surface area contributed by atoms with E-state index in [1.165, 1.54) is 77.7 Å². The van der Waals surface area contributed by atoms with Gasteiger partial charge < -0.3 is 15.6 Å². The van der Waals surface area contributed by atoms with E-state index in [1.54, 1.807) is 0 Å². The van der Waals surface area contributed by atoms with Crippen LogP contribution in [0, 0.1) is 0 Å². The summed E-state index contributed by atoms with van der Waals surface area (Å²) in [6.07, 6.45) is 16.7. The number of hydrogen-bond donors (Lipinski definition) is 2. The molecule has 0 aromatic rings. The summed E-state index contributed by atoms with van der Waals surface area (Å²) in [4.78, 5) is 11.2. The van der Waals surface area contributed by atoms with Gasteiger partial charge in [-0.1, -0.05) is 90.4 Å². The van der Waals surface area contributed by atoms with Crippen LogP contribution in [0.4, 0.5) is 0 Å². The predicted octanol–water partition coefficient (Wildman–Crippen LogP) is 4.33. The maximum absolute atomic E-state index is 11.2. The molecule has 0 aliphatic carbocycles. The van der Waals surface area contributed by atoms with E-state index in [9.17, 15) is 9.90 Å². The second kappa shape index (κ2) is 16.3. The summed E-state index contributed by atoms with van der Waals surface area (Å²) in [5.74, 6) is -0.535. The van der Waals surface area contributed by atoms with Crippen molar-refractivity contribution < 1.29 is 14.6 Å². The highest BCUT2D eigenvalue weighted by atomic mass is 16.5. The third-order valence-corrected chi connectivity index (χ3v) is 4.49. The van der Waals surface area contributed by atoms with Gasteiger partial charge in [-0.2, -0.15) is 0 Å². The molecule has 23 heavy (non-hydrogen) atoms. The highest BCUT2D eigenvalue weighted by Gasteiger charge is 2.22. The van der Waals surface area contributed by atoms with Crippen LogP contribution >= 0.6 is 0 Å². The SMILES string of the molecule is CCCCCCCCCCCCCCC[C@@H](O)[C@H](N)C(=O)OC. The Bertz CT molecular complexity index is 271. The molecule has 0 spiro atoms. The molecule has 0 saturated heterocycles. The molecule has 0 aromatic heterocycles. The fourth-order valence-corrected chi connectivity index (χ4v) is 2.84. The monoisotopic (exact) mass is 329 g/mol. The first-order valence-electron chi connectivity index (χ1n) is 9.65. The van der Waals surface area contributed by atoms with Crippen molar-refractivity contribution >= 4 is 5.97 Å². The zero-order valence-electron chi connectivity index (χ0n) is 15.4. The highest BCUT2D eigenvalue weighted by molar-refractivity contribution is 5.75. The number of methoxy groups -OCH3 is 1. The van der Waals surface area contributed by atoms with Crippen molar-refractivity contribution in [2.45, 2.75) is 109 Å². The van der Waals surface area contributed by atoms with Gasteiger partial charge in [0.15, 0.2) is 0 Å². The van der Waals surface area contributed by atoms with E-state index >= 15 is 0 Å². The Morgan fingerprint density at radius 1 is 0.870 bits per heavy atom. The lowest BCUT2D eigenvalue weighted by Gasteiger charge is -2.16. The molecule has 3 N–H and O–H groups in total. The van der Waals surface area contributed by atoms with E-state index in [4.69, 9.17) is 5.73 Å². The number of hydrogen-bond acceptors (Lipinski definition) is 4. The second-order valence-electron chi connectivity index (χ2n) is 6.65. The third-order valence-electron chi connectivity index (χ3n) is 4.49. The molecule has 0 aromatic carbocycles. The summed E-state index contributed by atoms with van der Waals surface area (Å²) in [7, 11) is 1.29. The molecule has 0 aliphatic heterocycles. The molecule has 2 atom stereocenters. The Labute approximate surface area is 143 Å². The Morgan fingerprint density at radius 3 is 1.65 bits per heavy atom. The maximum Gasteiger partial charge on any atom is 0.325 e. The van der Waals surface area contributed by atoms with Crippen LogP contribution in [-0.2, 0) is 9.53 Å². The number of aliphatic hydroxyl groups is 1. The standard InChI is InChI=1S/C19H39NO3/c1-3-4-5-6-7-8-9-10-11-12-13-14-15-16-17(21)18(20)19(22)23-2/h17-18,21H,3-16,20H2,1-2H3/t17-,18+/m1/s1. The fraction of sp³-hybridized carbons (Fsp3) is 0.947. The lowest BCUT2D eigenvalue weighted by Crippen LogP contribution is -2.42. The Hall–Kier alpha value is -0.610. The van der Waals surface area contributed by atoms with E-state index < -0.39 is 18.1 Å². The quantitative estimate of drug-likeness (QED) is 0.326. The number of nitrogens with two attached hydrogens (primary N) is 1. The van der Waals surface area contributed by atoms with Crippen molar-refractivity contribution in [3.05, 3.63) is 0 Å². The van der Waals surface area contributed by atoms with Gasteiger partial charge in [0, 0.05) is 0 Å². The largest absolute Gasteiger partial charge is 0.468 e. The van der Waals surface area contributed by atoms with Gasteiger partial charge in [-0.25, -0.2) is 0 Å². The average Bonchev–Trinajstić information content (AvgIpc) is 2.57. The molecule has 0 amide bonds. The van der Waals surface area contributed by atoms with Crippen molar-refractivity contribution in [2.75, 3.05) is 7.11 Å². The van der Waals surface area contributed by atoms with E-state index in [1.807, 2.05) is 0 Å². The predicted molar refractivity (Wildman–Crippen MR) is 96.3 cm³/mol. The fourth-order valence-electron chi connectivity index (χ4n) is 2.84. The topological polar surface area (TPSA) is 72.5 Å². The number of esters is 1. The molecule has 0 fully saturated rings. The lowest BCUT2D eigenvalue weighted by atomic mass is 10.0. The molecule has 0 saturated carbocycles. The minimum Gasteiger partial charge on any atom is -0.468 e. The zero-order valence-corrected chi connectivity index (χ0v) is 15.4. The Balaban J connectivity index is 3.26. The zero-order chi connectivity index (χ0) is 17.3. The van der Waals surface area contributed by atoms with E-state index in [0.29, 0.717) is 6.42 Å². The van der Waals surface area contributed by atoms with E-state index in [0.717, 1.165) is 12.8 Å². The summed E-state index contributed by atoms with van der Waals surface area (Å²) in [5.41, 5.74) is 5.59. The van der Waals surface area contributed by atoms with Crippen LogP contribution in [0.5, 0.6) is 0 Å². The van der Waals surface area contributed by atoms with Crippen LogP contribution in [0.1, 0.15) is 96.8 Å². The van der Waals surface area contributed by atoms with Crippen molar-refractivity contribution in [3.63, 3.8) is 0 Å². The molecule has 0 rings (SSSR count). The van der Waals surface area contributed by atoms with Gasteiger partial charge in [-0.3, -0.25) is 4.79 Å². The number of carbonyl (C=O) groups excluding carboxylic acids is 1. The summed E-state index contributed by atoms with van der Waals surface area (Å²) in [5, 5.41) is 9.77. The van der Waals surface area contributed by atoms with Crippen molar-refractivity contribution in [2.24, 2.45) is 5.73 Å². The van der Waals surface area contributed by atoms with Crippen LogP contribution < -0.4 is 5.73 Å². The van der Waals surface area contributed by atoms with Gasteiger partial charge in [0.05, 0.1) is 13.2 Å². The first-order valence-corrected chi connectivity index (χ1v) is 9.65. The molecule has 0 heterocycles. The van der Waals surface area contributed by atoms with Crippen LogP contribution in [-0.4, -0.2) is 30.3 Å². The number of ether oxygens (including phenoxy) is 1. The van der Waals surface area contributed by atoms with Crippen molar-refractivity contribution in [1.82, 2.24) is 0 Å². The Morgan fingerprint density at radius 2 is 1.26 bits per heavy atom. The highest BCUT2D eigenvalue weighted by Crippen LogP contribution is 2.13. The summed E-state index contributed by atoms with van der Waals surface area (Å²) in [6, 6.07) is -0.905. The molecular weight excluding hydrogens is 290 g/mol. The Kier molecular flexibility index (Phi) is 15.8. The summed E-state index contributed by atoms with van der Waals surface area (Å²) in [6.45, 7) is 2.26. The first kappa shape index (κ1) is 22.4. The third kappa shape index (κ3) is 13.5. The minimum absolute atomic E-state index is 0.535. The molecule has 0 aliphatic rings. The molecular formula is C19H39NO3. The van der Waals surface area contributed by atoms with Crippen LogP contribution in [0.15, 0.2) is 0 Å². The normalized spacial score (nSPS) is 13.7. The first-order chi connectivity index (χ1) is 11.1. The summed E-state index contributed by atoms with van der Waals surface area (Å²) >= 11 is 0. The molecule has 4 nitrogen and oxygen atoms in total. The maximum atomic E-state index is 11.2. The van der Waals surface area contributed by atoms with Gasteiger partial charge in [0.2, 0.25) is 0 Å². The molecule has 0 unspecified atom stereocenters.